The summed E-state index contributed by atoms with van der Waals surface area (Å²) in [6, 6.07) is 13.1. The molecule has 2 aliphatic rings. The van der Waals surface area contributed by atoms with Crippen LogP contribution < -0.4 is 9.46 Å². The van der Waals surface area contributed by atoms with Gasteiger partial charge in [-0.05, 0) is 75.6 Å². The SMILES string of the molecule is Cc1c(-c2cc(C(=O)NS(=O)(=O)C3CC3)c3c(OCCC4CCOCC4)ccc(C)c3n2)oc2ccccc12. The van der Waals surface area contributed by atoms with Crippen molar-refractivity contribution in [1.29, 1.82) is 0 Å². The highest BCUT2D eigenvalue weighted by Gasteiger charge is 2.37. The van der Waals surface area contributed by atoms with Gasteiger partial charge in [-0.25, -0.2) is 18.1 Å². The minimum Gasteiger partial charge on any atom is -0.493 e. The molecule has 1 saturated heterocycles. The third kappa shape index (κ3) is 5.13. The number of nitrogens with zero attached hydrogens (tertiary/aromatic N) is 1. The standard InChI is InChI=1S/C30H32N2O6S/c1-18-7-10-26(37-16-13-20-11-14-36-15-12-20)27-23(30(33)32-39(34,35)21-8-9-21)17-24(31-28(18)27)29-19(2)22-5-3-4-6-25(22)38-29/h3-7,10,17,20-21H,8-9,11-16H2,1-2H3,(H,32,33). The fourth-order valence-electron chi connectivity index (χ4n) is 5.29. The number of carbonyl (C=O) groups excluding carboxylic acids is 1. The van der Waals surface area contributed by atoms with Crippen molar-refractivity contribution >= 4 is 37.8 Å². The Labute approximate surface area is 227 Å². The fourth-order valence-corrected chi connectivity index (χ4v) is 6.59. The molecule has 0 bridgehead atoms. The van der Waals surface area contributed by atoms with Crippen molar-refractivity contribution in [3.8, 4) is 17.2 Å². The van der Waals surface area contributed by atoms with Gasteiger partial charge in [0.05, 0.1) is 28.3 Å². The molecular weight excluding hydrogens is 516 g/mol. The molecule has 3 heterocycles. The number of rotatable bonds is 8. The zero-order valence-corrected chi connectivity index (χ0v) is 23.0. The number of aromatic nitrogens is 1. The number of hydrogen-bond donors (Lipinski definition) is 1. The predicted octanol–water partition coefficient (Wildman–Crippen LogP) is 5.68. The van der Waals surface area contributed by atoms with E-state index in [-0.39, 0.29) is 5.56 Å². The summed E-state index contributed by atoms with van der Waals surface area (Å²) in [6.07, 6.45) is 4.00. The number of benzene rings is 2. The van der Waals surface area contributed by atoms with Crippen LogP contribution in [0, 0.1) is 19.8 Å². The largest absolute Gasteiger partial charge is 0.493 e. The van der Waals surface area contributed by atoms with E-state index in [2.05, 4.69) is 4.72 Å². The summed E-state index contributed by atoms with van der Waals surface area (Å²) in [7, 11) is -3.76. The zero-order valence-electron chi connectivity index (χ0n) is 22.2. The highest BCUT2D eigenvalue weighted by atomic mass is 32.2. The highest BCUT2D eigenvalue weighted by Crippen LogP contribution is 2.38. The van der Waals surface area contributed by atoms with Crippen molar-refractivity contribution in [1.82, 2.24) is 9.71 Å². The van der Waals surface area contributed by atoms with Gasteiger partial charge in [0.25, 0.3) is 5.91 Å². The first-order valence-corrected chi connectivity index (χ1v) is 15.1. The zero-order chi connectivity index (χ0) is 27.1. The predicted molar refractivity (Wildman–Crippen MR) is 149 cm³/mol. The maximum atomic E-state index is 13.6. The Kier molecular flexibility index (Phi) is 6.81. The molecule has 0 spiro atoms. The molecule has 1 aliphatic carbocycles. The van der Waals surface area contributed by atoms with Crippen molar-refractivity contribution in [3.63, 3.8) is 0 Å². The van der Waals surface area contributed by atoms with Crippen LogP contribution in [0.15, 0.2) is 46.9 Å². The summed E-state index contributed by atoms with van der Waals surface area (Å²) in [5.74, 6) is 0.895. The molecule has 1 N–H and O–H groups in total. The van der Waals surface area contributed by atoms with E-state index in [0.717, 1.165) is 54.6 Å². The number of para-hydroxylation sites is 1. The van der Waals surface area contributed by atoms with Crippen molar-refractivity contribution in [2.24, 2.45) is 5.92 Å². The third-order valence-corrected chi connectivity index (χ3v) is 9.59. The summed E-state index contributed by atoms with van der Waals surface area (Å²) in [4.78, 5) is 18.5. The van der Waals surface area contributed by atoms with Crippen molar-refractivity contribution < 1.29 is 27.1 Å². The van der Waals surface area contributed by atoms with Gasteiger partial charge in [0.1, 0.15) is 17.0 Å². The Hall–Kier alpha value is -3.43. The summed E-state index contributed by atoms with van der Waals surface area (Å²) in [5.41, 5.74) is 3.70. The Morgan fingerprint density at radius 3 is 2.59 bits per heavy atom. The topological polar surface area (TPSA) is 108 Å². The molecule has 0 atom stereocenters. The lowest BCUT2D eigenvalue weighted by molar-refractivity contribution is 0.0594. The van der Waals surface area contributed by atoms with Gasteiger partial charge in [-0.2, -0.15) is 0 Å². The molecule has 4 aromatic rings. The van der Waals surface area contributed by atoms with E-state index in [4.69, 9.17) is 18.9 Å². The lowest BCUT2D eigenvalue weighted by Crippen LogP contribution is -2.33. The number of amides is 1. The number of furan rings is 1. The Morgan fingerprint density at radius 2 is 1.85 bits per heavy atom. The Balaban J connectivity index is 1.45. The number of ether oxygens (including phenoxy) is 2. The van der Waals surface area contributed by atoms with Gasteiger partial charge in [-0.3, -0.25) is 4.79 Å². The maximum absolute atomic E-state index is 13.6. The maximum Gasteiger partial charge on any atom is 0.265 e. The number of fused-ring (bicyclic) bond motifs is 2. The van der Waals surface area contributed by atoms with Crippen LogP contribution in [0.25, 0.3) is 33.3 Å². The quantitative estimate of drug-likeness (QED) is 0.302. The van der Waals surface area contributed by atoms with E-state index in [1.165, 1.54) is 0 Å². The lowest BCUT2D eigenvalue weighted by atomic mass is 9.97. The lowest BCUT2D eigenvalue weighted by Gasteiger charge is -2.22. The van der Waals surface area contributed by atoms with Crippen molar-refractivity contribution in [2.45, 2.75) is 51.2 Å². The van der Waals surface area contributed by atoms with Crippen LogP contribution in [0.3, 0.4) is 0 Å². The summed E-state index contributed by atoms with van der Waals surface area (Å²) >= 11 is 0. The fraction of sp³-hybridized carbons (Fsp3) is 0.400. The van der Waals surface area contributed by atoms with Crippen molar-refractivity contribution in [2.75, 3.05) is 19.8 Å². The summed E-state index contributed by atoms with van der Waals surface area (Å²) in [5, 5.41) is 0.935. The van der Waals surface area contributed by atoms with Gasteiger partial charge in [0.2, 0.25) is 10.0 Å². The van der Waals surface area contributed by atoms with E-state index < -0.39 is 21.2 Å². The van der Waals surface area contributed by atoms with E-state index in [9.17, 15) is 13.2 Å². The van der Waals surface area contributed by atoms with Crippen molar-refractivity contribution in [3.05, 3.63) is 59.2 Å². The van der Waals surface area contributed by atoms with Crippen LogP contribution in [0.4, 0.5) is 0 Å². The van der Waals surface area contributed by atoms with Gasteiger partial charge in [0.15, 0.2) is 5.76 Å². The van der Waals surface area contributed by atoms with Crippen LogP contribution in [0.5, 0.6) is 5.75 Å². The summed E-state index contributed by atoms with van der Waals surface area (Å²) < 4.78 is 45.6. The van der Waals surface area contributed by atoms with E-state index in [1.807, 2.05) is 50.2 Å². The van der Waals surface area contributed by atoms with Gasteiger partial charge >= 0.3 is 0 Å². The normalized spacial score (nSPS) is 16.6. The molecule has 0 radical (unpaired) electrons. The smallest absolute Gasteiger partial charge is 0.265 e. The first-order valence-electron chi connectivity index (χ1n) is 13.5. The van der Waals surface area contributed by atoms with Gasteiger partial charge in [0, 0.05) is 24.2 Å². The number of sulfonamides is 1. The molecule has 39 heavy (non-hydrogen) atoms. The second kappa shape index (κ2) is 10.3. The number of carbonyl (C=O) groups is 1. The molecule has 8 nitrogen and oxygen atoms in total. The molecule has 1 amide bonds. The van der Waals surface area contributed by atoms with Gasteiger partial charge in [-0.15, -0.1) is 0 Å². The number of aryl methyl sites for hydroxylation is 2. The molecule has 1 saturated carbocycles. The number of hydrogen-bond acceptors (Lipinski definition) is 7. The number of nitrogens with one attached hydrogen (secondary N) is 1. The van der Waals surface area contributed by atoms with E-state index in [1.54, 1.807) is 6.07 Å². The average molecular weight is 549 g/mol. The summed E-state index contributed by atoms with van der Waals surface area (Å²) in [6.45, 7) is 5.89. The minimum atomic E-state index is -3.76. The molecule has 2 aromatic carbocycles. The van der Waals surface area contributed by atoms with Crippen LogP contribution >= 0.6 is 0 Å². The molecule has 6 rings (SSSR count). The van der Waals surface area contributed by atoms with Crippen LogP contribution in [0.1, 0.15) is 53.6 Å². The molecule has 2 aromatic heterocycles. The van der Waals surface area contributed by atoms with E-state index >= 15 is 0 Å². The number of pyridine rings is 1. The molecule has 204 valence electrons. The Morgan fingerprint density at radius 1 is 1.08 bits per heavy atom. The Bertz CT molecular complexity index is 1670. The molecular formula is C30H32N2O6S. The first-order chi connectivity index (χ1) is 18.8. The van der Waals surface area contributed by atoms with Crippen LogP contribution in [-0.4, -0.2) is 44.4 Å². The van der Waals surface area contributed by atoms with Gasteiger partial charge in [-0.1, -0.05) is 24.3 Å². The van der Waals surface area contributed by atoms with Crippen LogP contribution in [-0.2, 0) is 14.8 Å². The monoisotopic (exact) mass is 548 g/mol. The second-order valence-electron chi connectivity index (χ2n) is 10.6. The van der Waals surface area contributed by atoms with E-state index in [0.29, 0.717) is 53.5 Å². The minimum absolute atomic E-state index is 0.198. The average Bonchev–Trinajstić information content (AvgIpc) is 3.75. The van der Waals surface area contributed by atoms with Gasteiger partial charge < -0.3 is 13.9 Å². The molecule has 9 heteroatoms. The van der Waals surface area contributed by atoms with Crippen LogP contribution in [0.2, 0.25) is 0 Å². The molecule has 0 unspecified atom stereocenters. The second-order valence-corrected chi connectivity index (χ2v) is 12.5. The molecule has 1 aliphatic heterocycles. The molecule has 2 fully saturated rings. The first kappa shape index (κ1) is 25.8. The third-order valence-electron chi connectivity index (χ3n) is 7.77. The highest BCUT2D eigenvalue weighted by molar-refractivity contribution is 7.91.